The Kier molecular flexibility index (Phi) is 4.75. The summed E-state index contributed by atoms with van der Waals surface area (Å²) in [7, 11) is -4.50. The topological polar surface area (TPSA) is 61.1 Å². The monoisotopic (exact) mass is 305 g/mol. The molecule has 0 aliphatic heterocycles. The summed E-state index contributed by atoms with van der Waals surface area (Å²) in [4.78, 5) is -0.162. The van der Waals surface area contributed by atoms with Crippen molar-refractivity contribution in [3.8, 4) is 11.3 Å². The van der Waals surface area contributed by atoms with E-state index in [4.69, 9.17) is 0 Å². The highest BCUT2D eigenvalue weighted by molar-refractivity contribution is 7.85. The Balaban J connectivity index is 2.68. The van der Waals surface area contributed by atoms with Gasteiger partial charge in [0.2, 0.25) is 5.69 Å². The van der Waals surface area contributed by atoms with Crippen molar-refractivity contribution in [2.24, 2.45) is 0 Å². The zero-order valence-electron chi connectivity index (χ0n) is 12.2. The van der Waals surface area contributed by atoms with Crippen LogP contribution < -0.4 is 4.57 Å². The Morgan fingerprint density at radius 1 is 1.14 bits per heavy atom. The largest absolute Gasteiger partial charge is 0.744 e. The lowest BCUT2D eigenvalue weighted by molar-refractivity contribution is -0.687. The number of unbranched alkanes of at least 4 members (excludes halogenated alkanes) is 1. The van der Waals surface area contributed by atoms with Gasteiger partial charge in [-0.15, -0.1) is 0 Å². The zero-order chi connectivity index (χ0) is 15.5. The Morgan fingerprint density at radius 2 is 1.86 bits per heavy atom. The number of rotatable bonds is 5. The quantitative estimate of drug-likeness (QED) is 0.630. The molecular weight excluding hydrogens is 286 g/mol. The SMILES string of the molecule is CCCC[n+]1cccc(C)c1-c1ccccc1S(=O)(=O)[O-]. The van der Waals surface area contributed by atoms with Gasteiger partial charge in [-0.2, -0.15) is 4.57 Å². The van der Waals surface area contributed by atoms with Crippen LogP contribution >= 0.6 is 0 Å². The molecule has 0 radical (unpaired) electrons. The summed E-state index contributed by atoms with van der Waals surface area (Å²) in [6.45, 7) is 4.82. The standard InChI is InChI=1S/C16H19NO3S/c1-3-4-11-17-12-7-8-13(2)16(17)14-9-5-6-10-15(14)21(18,19)20/h5-10,12H,3-4,11H2,1-2H3. The van der Waals surface area contributed by atoms with E-state index in [2.05, 4.69) is 6.92 Å². The molecule has 1 heterocycles. The number of hydrogen-bond acceptors (Lipinski definition) is 3. The van der Waals surface area contributed by atoms with E-state index < -0.39 is 10.1 Å². The van der Waals surface area contributed by atoms with Crippen LogP contribution in [0.25, 0.3) is 11.3 Å². The van der Waals surface area contributed by atoms with Gasteiger partial charge in [-0.1, -0.05) is 25.5 Å². The number of hydrogen-bond donors (Lipinski definition) is 0. The van der Waals surface area contributed by atoms with Crippen molar-refractivity contribution in [2.75, 3.05) is 0 Å². The van der Waals surface area contributed by atoms with Gasteiger partial charge in [0.15, 0.2) is 6.20 Å². The normalized spacial score (nSPS) is 11.6. The molecule has 5 heteroatoms. The molecule has 0 unspecified atom stereocenters. The summed E-state index contributed by atoms with van der Waals surface area (Å²) in [6, 6.07) is 10.2. The molecule has 2 rings (SSSR count). The summed E-state index contributed by atoms with van der Waals surface area (Å²) >= 11 is 0. The first kappa shape index (κ1) is 15.7. The summed E-state index contributed by atoms with van der Waals surface area (Å²) in [5, 5.41) is 0. The fraction of sp³-hybridized carbons (Fsp3) is 0.312. The van der Waals surface area contributed by atoms with Crippen LogP contribution in [0.2, 0.25) is 0 Å². The number of benzene rings is 1. The number of aromatic nitrogens is 1. The van der Waals surface area contributed by atoms with Gasteiger partial charge in [0.1, 0.15) is 16.7 Å². The van der Waals surface area contributed by atoms with Crippen LogP contribution in [0.1, 0.15) is 25.3 Å². The highest BCUT2D eigenvalue weighted by atomic mass is 32.2. The molecule has 21 heavy (non-hydrogen) atoms. The molecule has 0 spiro atoms. The van der Waals surface area contributed by atoms with Crippen LogP contribution in [0.3, 0.4) is 0 Å². The van der Waals surface area contributed by atoms with E-state index in [1.165, 1.54) is 6.07 Å². The summed E-state index contributed by atoms with van der Waals surface area (Å²) in [6.07, 6.45) is 3.96. The van der Waals surface area contributed by atoms with Crippen molar-refractivity contribution in [3.05, 3.63) is 48.2 Å². The first-order valence-corrected chi connectivity index (χ1v) is 8.40. The highest BCUT2D eigenvalue weighted by Crippen LogP contribution is 2.27. The molecule has 2 aromatic rings. The first-order valence-electron chi connectivity index (χ1n) is 6.99. The smallest absolute Gasteiger partial charge is 0.216 e. The predicted octanol–water partition coefficient (Wildman–Crippen LogP) is 2.65. The Hall–Kier alpha value is -1.72. The number of aryl methyl sites for hydroxylation is 2. The molecule has 0 fully saturated rings. The van der Waals surface area contributed by atoms with Crippen LogP contribution in [0, 0.1) is 6.92 Å². The second-order valence-corrected chi connectivity index (χ2v) is 6.39. The van der Waals surface area contributed by atoms with E-state index in [1.807, 2.05) is 29.8 Å². The van der Waals surface area contributed by atoms with E-state index >= 15 is 0 Å². The fourth-order valence-electron chi connectivity index (χ4n) is 2.43. The molecule has 4 nitrogen and oxygen atoms in total. The third-order valence-corrected chi connectivity index (χ3v) is 4.33. The van der Waals surface area contributed by atoms with Crippen LogP contribution in [0.4, 0.5) is 0 Å². The average Bonchev–Trinajstić information content (AvgIpc) is 2.44. The molecular formula is C16H19NO3S. The molecule has 0 amide bonds. The van der Waals surface area contributed by atoms with Crippen molar-refractivity contribution in [2.45, 2.75) is 38.1 Å². The average molecular weight is 305 g/mol. The molecule has 0 atom stereocenters. The second-order valence-electron chi connectivity index (χ2n) is 5.04. The summed E-state index contributed by atoms with van der Waals surface area (Å²) < 4.78 is 36.5. The maximum absolute atomic E-state index is 11.5. The van der Waals surface area contributed by atoms with E-state index in [1.54, 1.807) is 18.2 Å². The van der Waals surface area contributed by atoms with Crippen molar-refractivity contribution >= 4 is 10.1 Å². The van der Waals surface area contributed by atoms with Gasteiger partial charge in [-0.3, -0.25) is 0 Å². The third kappa shape index (κ3) is 3.49. The Morgan fingerprint density at radius 3 is 2.52 bits per heavy atom. The molecule has 0 aliphatic rings. The minimum Gasteiger partial charge on any atom is -0.744 e. The lowest BCUT2D eigenvalue weighted by atomic mass is 10.1. The molecule has 0 saturated carbocycles. The zero-order valence-corrected chi connectivity index (χ0v) is 13.1. The van der Waals surface area contributed by atoms with E-state index in [-0.39, 0.29) is 4.90 Å². The molecule has 0 N–H and O–H groups in total. The van der Waals surface area contributed by atoms with Gasteiger partial charge in [0, 0.05) is 18.1 Å². The Bertz CT molecular complexity index is 739. The van der Waals surface area contributed by atoms with Crippen LogP contribution in [-0.4, -0.2) is 13.0 Å². The molecule has 0 saturated heterocycles. The molecule has 0 bridgehead atoms. The van der Waals surface area contributed by atoms with Gasteiger partial charge in [0.25, 0.3) is 0 Å². The maximum atomic E-state index is 11.5. The van der Waals surface area contributed by atoms with Crippen LogP contribution in [0.15, 0.2) is 47.5 Å². The number of pyridine rings is 1. The molecule has 1 aromatic carbocycles. The lowest BCUT2D eigenvalue weighted by Crippen LogP contribution is -2.37. The van der Waals surface area contributed by atoms with Gasteiger partial charge < -0.3 is 4.55 Å². The lowest BCUT2D eigenvalue weighted by Gasteiger charge is -2.13. The highest BCUT2D eigenvalue weighted by Gasteiger charge is 2.20. The predicted molar refractivity (Wildman–Crippen MR) is 79.7 cm³/mol. The van der Waals surface area contributed by atoms with Crippen LogP contribution in [-0.2, 0) is 16.7 Å². The van der Waals surface area contributed by atoms with E-state index in [9.17, 15) is 13.0 Å². The summed E-state index contributed by atoms with van der Waals surface area (Å²) in [5.41, 5.74) is 2.22. The molecule has 0 aliphatic carbocycles. The molecule has 112 valence electrons. The van der Waals surface area contributed by atoms with Crippen molar-refractivity contribution < 1.29 is 17.5 Å². The van der Waals surface area contributed by atoms with Crippen molar-refractivity contribution in [1.29, 1.82) is 0 Å². The minimum atomic E-state index is -4.50. The van der Waals surface area contributed by atoms with E-state index in [0.717, 1.165) is 30.6 Å². The van der Waals surface area contributed by atoms with Gasteiger partial charge in [-0.25, -0.2) is 8.42 Å². The fourth-order valence-corrected chi connectivity index (χ4v) is 3.11. The second kappa shape index (κ2) is 6.37. The van der Waals surface area contributed by atoms with Crippen LogP contribution in [0.5, 0.6) is 0 Å². The molecule has 1 aromatic heterocycles. The van der Waals surface area contributed by atoms with Gasteiger partial charge >= 0.3 is 0 Å². The Labute approximate surface area is 125 Å². The number of nitrogens with zero attached hydrogens (tertiary/aromatic N) is 1. The van der Waals surface area contributed by atoms with E-state index in [0.29, 0.717) is 5.56 Å². The first-order chi connectivity index (χ1) is 9.95. The summed E-state index contributed by atoms with van der Waals surface area (Å²) in [5.74, 6) is 0. The van der Waals surface area contributed by atoms with Gasteiger partial charge in [-0.05, 0) is 25.1 Å². The van der Waals surface area contributed by atoms with Crippen molar-refractivity contribution in [1.82, 2.24) is 0 Å². The maximum Gasteiger partial charge on any atom is 0.216 e. The van der Waals surface area contributed by atoms with Gasteiger partial charge in [0.05, 0.1) is 10.5 Å². The van der Waals surface area contributed by atoms with Crippen molar-refractivity contribution in [3.63, 3.8) is 0 Å². The minimum absolute atomic E-state index is 0.162. The third-order valence-electron chi connectivity index (χ3n) is 3.44.